The molecule has 0 heterocycles. The molecule has 0 bridgehead atoms. The molecule has 0 aliphatic carbocycles. The summed E-state index contributed by atoms with van der Waals surface area (Å²) in [7, 11) is 0. The lowest BCUT2D eigenvalue weighted by molar-refractivity contribution is 0.0488. The van der Waals surface area contributed by atoms with Gasteiger partial charge in [0, 0.05) is 0 Å². The van der Waals surface area contributed by atoms with Crippen LogP contribution in [-0.2, 0) is 9.47 Å². The van der Waals surface area contributed by atoms with Crippen molar-refractivity contribution in [1.29, 1.82) is 0 Å². The lowest BCUT2D eigenvalue weighted by atomic mass is 10.1. The molecule has 0 saturated heterocycles. The van der Waals surface area contributed by atoms with E-state index in [1.165, 1.54) is 57.8 Å². The van der Waals surface area contributed by atoms with Crippen LogP contribution in [0.15, 0.2) is 36.9 Å². The second kappa shape index (κ2) is 16.8. The van der Waals surface area contributed by atoms with E-state index >= 15 is 0 Å². The van der Waals surface area contributed by atoms with Crippen molar-refractivity contribution in [3.8, 4) is 0 Å². The van der Waals surface area contributed by atoms with E-state index in [0.29, 0.717) is 30.8 Å². The summed E-state index contributed by atoms with van der Waals surface area (Å²) in [4.78, 5) is 23.9. The van der Waals surface area contributed by atoms with Crippen LogP contribution >= 0.6 is 0 Å². The summed E-state index contributed by atoms with van der Waals surface area (Å²) < 4.78 is 10.4. The summed E-state index contributed by atoms with van der Waals surface area (Å²) in [5.41, 5.74) is 0.881. The van der Waals surface area contributed by atoms with Crippen molar-refractivity contribution < 1.29 is 19.1 Å². The number of ether oxygens (including phenoxy) is 2. The fraction of sp³-hybridized carbons (Fsp3) is 0.600. The minimum atomic E-state index is -0.396. The van der Waals surface area contributed by atoms with E-state index in [-0.39, 0.29) is 5.97 Å². The average Bonchev–Trinajstić information content (AvgIpc) is 2.74. The van der Waals surface area contributed by atoms with Crippen molar-refractivity contribution in [2.75, 3.05) is 13.2 Å². The Morgan fingerprint density at radius 3 is 1.59 bits per heavy atom. The van der Waals surface area contributed by atoms with Gasteiger partial charge in [-0.05, 0) is 37.1 Å². The second-order valence-corrected chi connectivity index (χ2v) is 7.46. The van der Waals surface area contributed by atoms with Crippen LogP contribution in [0.1, 0.15) is 105 Å². The first-order valence-corrected chi connectivity index (χ1v) is 11.2. The third-order valence-electron chi connectivity index (χ3n) is 4.89. The first-order valence-electron chi connectivity index (χ1n) is 11.2. The molecule has 29 heavy (non-hydrogen) atoms. The highest BCUT2D eigenvalue weighted by Gasteiger charge is 2.10. The van der Waals surface area contributed by atoms with E-state index in [0.717, 1.165) is 12.8 Å². The van der Waals surface area contributed by atoms with Gasteiger partial charge in [-0.1, -0.05) is 77.2 Å². The molecule has 0 aromatic heterocycles. The van der Waals surface area contributed by atoms with Gasteiger partial charge in [0.2, 0.25) is 0 Å². The van der Waals surface area contributed by atoms with Crippen LogP contribution in [-0.4, -0.2) is 25.2 Å². The average molecular weight is 403 g/mol. The number of esters is 2. The fourth-order valence-corrected chi connectivity index (χ4v) is 3.08. The number of rotatable bonds is 17. The summed E-state index contributed by atoms with van der Waals surface area (Å²) in [6.07, 6.45) is 16.2. The summed E-state index contributed by atoms with van der Waals surface area (Å²) in [6, 6.07) is 6.39. The maximum Gasteiger partial charge on any atom is 0.338 e. The van der Waals surface area contributed by atoms with E-state index in [2.05, 4.69) is 13.5 Å². The van der Waals surface area contributed by atoms with Crippen LogP contribution in [0.3, 0.4) is 0 Å². The third-order valence-corrected chi connectivity index (χ3v) is 4.89. The number of hydrogen-bond donors (Lipinski definition) is 0. The van der Waals surface area contributed by atoms with E-state index in [4.69, 9.17) is 9.47 Å². The minimum Gasteiger partial charge on any atom is -0.462 e. The van der Waals surface area contributed by atoms with Gasteiger partial charge in [0.05, 0.1) is 24.3 Å². The fourth-order valence-electron chi connectivity index (χ4n) is 3.08. The van der Waals surface area contributed by atoms with Gasteiger partial charge >= 0.3 is 11.9 Å². The zero-order chi connectivity index (χ0) is 21.2. The lowest BCUT2D eigenvalue weighted by Crippen LogP contribution is -2.09. The van der Waals surface area contributed by atoms with Gasteiger partial charge in [-0.25, -0.2) is 9.59 Å². The van der Waals surface area contributed by atoms with Crippen LogP contribution in [0.4, 0.5) is 0 Å². The summed E-state index contributed by atoms with van der Waals surface area (Å²) in [5, 5.41) is 0. The molecule has 0 atom stereocenters. The molecule has 0 amide bonds. The molecule has 0 aliphatic heterocycles. The zero-order valence-electron chi connectivity index (χ0n) is 18.1. The van der Waals surface area contributed by atoms with Crippen molar-refractivity contribution in [3.63, 3.8) is 0 Å². The molecule has 0 radical (unpaired) electrons. The zero-order valence-corrected chi connectivity index (χ0v) is 18.1. The quantitative estimate of drug-likeness (QED) is 0.162. The van der Waals surface area contributed by atoms with Gasteiger partial charge in [0.25, 0.3) is 0 Å². The summed E-state index contributed by atoms with van der Waals surface area (Å²) in [5.74, 6) is -0.739. The molecule has 1 aromatic rings. The predicted octanol–water partition coefficient (Wildman–Crippen LogP) is 6.89. The van der Waals surface area contributed by atoms with Crippen LogP contribution in [0.2, 0.25) is 0 Å². The van der Waals surface area contributed by atoms with Crippen LogP contribution in [0, 0.1) is 0 Å². The van der Waals surface area contributed by atoms with Crippen molar-refractivity contribution in [3.05, 3.63) is 48.0 Å². The molecule has 0 aliphatic rings. The van der Waals surface area contributed by atoms with Crippen molar-refractivity contribution in [2.24, 2.45) is 0 Å². The molecule has 0 N–H and O–H groups in total. The first kappa shape index (κ1) is 24.9. The van der Waals surface area contributed by atoms with E-state index < -0.39 is 5.97 Å². The maximum absolute atomic E-state index is 12.1. The monoisotopic (exact) mass is 402 g/mol. The van der Waals surface area contributed by atoms with Gasteiger partial charge in [-0.3, -0.25) is 0 Å². The lowest BCUT2D eigenvalue weighted by Gasteiger charge is -2.06. The van der Waals surface area contributed by atoms with Crippen molar-refractivity contribution in [2.45, 2.75) is 84.0 Å². The molecule has 0 unspecified atom stereocenters. The minimum absolute atomic E-state index is 0.311. The number of carbonyl (C=O) groups is 2. The van der Waals surface area contributed by atoms with Crippen molar-refractivity contribution >= 4 is 11.9 Å². The highest BCUT2D eigenvalue weighted by molar-refractivity contribution is 5.93. The summed E-state index contributed by atoms with van der Waals surface area (Å²) >= 11 is 0. The van der Waals surface area contributed by atoms with Gasteiger partial charge in [-0.15, -0.1) is 6.58 Å². The predicted molar refractivity (Wildman–Crippen MR) is 118 cm³/mol. The van der Waals surface area contributed by atoms with Crippen LogP contribution in [0.25, 0.3) is 0 Å². The Morgan fingerprint density at radius 1 is 0.724 bits per heavy atom. The molecule has 4 heteroatoms. The number of carbonyl (C=O) groups excluding carboxylic acids is 2. The highest BCUT2D eigenvalue weighted by atomic mass is 16.5. The van der Waals surface area contributed by atoms with Crippen LogP contribution in [0.5, 0.6) is 0 Å². The number of unbranched alkanes of at least 4 members (excludes halogenated alkanes) is 10. The topological polar surface area (TPSA) is 52.6 Å². The normalized spacial score (nSPS) is 10.5. The Bertz CT molecular complexity index is 577. The SMILES string of the molecule is C=CCCOC(=O)c1ccc(C(=O)OCCCCCCCCCCCCC)cc1. The Balaban J connectivity index is 2.08. The standard InChI is InChI=1S/C25H38O4/c1-3-5-7-8-9-10-11-12-13-14-15-21-29-25(27)23-18-16-22(17-19-23)24(26)28-20-6-4-2/h4,16-19H,2-3,5-15,20-21H2,1H3. The molecule has 1 rings (SSSR count). The molecule has 1 aromatic carbocycles. The van der Waals surface area contributed by atoms with E-state index in [1.54, 1.807) is 30.3 Å². The van der Waals surface area contributed by atoms with E-state index in [1.807, 2.05) is 0 Å². The van der Waals surface area contributed by atoms with Crippen LogP contribution < -0.4 is 0 Å². The molecule has 162 valence electrons. The summed E-state index contributed by atoms with van der Waals surface area (Å²) in [6.45, 7) is 6.59. The van der Waals surface area contributed by atoms with Crippen molar-refractivity contribution in [1.82, 2.24) is 0 Å². The largest absolute Gasteiger partial charge is 0.462 e. The van der Waals surface area contributed by atoms with Gasteiger partial charge < -0.3 is 9.47 Å². The molecule has 0 fully saturated rings. The Kier molecular flexibility index (Phi) is 14.5. The second-order valence-electron chi connectivity index (χ2n) is 7.46. The molecule has 0 spiro atoms. The molecule has 0 saturated carbocycles. The Labute approximate surface area is 176 Å². The maximum atomic E-state index is 12.1. The number of hydrogen-bond acceptors (Lipinski definition) is 4. The Hall–Kier alpha value is -2.10. The molecular weight excluding hydrogens is 364 g/mol. The van der Waals surface area contributed by atoms with Gasteiger partial charge in [-0.2, -0.15) is 0 Å². The van der Waals surface area contributed by atoms with Gasteiger partial charge in [0.1, 0.15) is 0 Å². The highest BCUT2D eigenvalue weighted by Crippen LogP contribution is 2.12. The Morgan fingerprint density at radius 2 is 1.14 bits per heavy atom. The first-order chi connectivity index (χ1) is 14.2. The van der Waals surface area contributed by atoms with E-state index in [9.17, 15) is 9.59 Å². The molecule has 4 nitrogen and oxygen atoms in total. The molecular formula is C25H38O4. The smallest absolute Gasteiger partial charge is 0.338 e. The third kappa shape index (κ3) is 12.1. The van der Waals surface area contributed by atoms with Gasteiger partial charge in [0.15, 0.2) is 0 Å². The number of benzene rings is 1.